The highest BCUT2D eigenvalue weighted by atomic mass is 32.1. The standard InChI is InChI=1S/C38H29N5O3S/c1-37(46)21-38(22-37,42-19-25-8-5-9-31(44)33(25)36(42)45)28-12-10-24(11-13-28)34-29(23-6-3-2-4-7-23)16-27-18-39-32-17-30(26-14-15-47-20-26)41-43(32)35(27)40-34/h2-18,20,33,46H,19,21-22H2,1H3. The van der Waals surface area contributed by atoms with Crippen LogP contribution in [0.3, 0.4) is 0 Å². The van der Waals surface area contributed by atoms with Gasteiger partial charge in [-0.25, -0.2) is 9.97 Å². The van der Waals surface area contributed by atoms with Gasteiger partial charge in [0.25, 0.3) is 0 Å². The number of pyridine rings is 1. The number of hydrogen-bond acceptors (Lipinski definition) is 7. The maximum absolute atomic E-state index is 13.7. The molecule has 1 saturated carbocycles. The molecule has 0 spiro atoms. The van der Waals surface area contributed by atoms with Gasteiger partial charge in [-0.1, -0.05) is 66.7 Å². The Morgan fingerprint density at radius 2 is 1.77 bits per heavy atom. The molecule has 1 atom stereocenters. The Balaban J connectivity index is 1.16. The highest BCUT2D eigenvalue weighted by Crippen LogP contribution is 2.55. The van der Waals surface area contributed by atoms with E-state index in [9.17, 15) is 14.7 Å². The number of fused-ring (bicyclic) bond motifs is 4. The molecule has 230 valence electrons. The minimum atomic E-state index is -0.908. The summed E-state index contributed by atoms with van der Waals surface area (Å²) in [5.41, 5.74) is 7.16. The third kappa shape index (κ3) is 4.34. The number of allylic oxidation sites excluding steroid dienone is 3. The van der Waals surface area contributed by atoms with Crippen molar-refractivity contribution in [2.45, 2.75) is 30.9 Å². The molecule has 1 N–H and O–H groups in total. The van der Waals surface area contributed by atoms with Gasteiger partial charge in [0.15, 0.2) is 17.1 Å². The van der Waals surface area contributed by atoms with Gasteiger partial charge in [-0.3, -0.25) is 9.59 Å². The highest BCUT2D eigenvalue weighted by molar-refractivity contribution is 7.08. The number of aliphatic hydroxyl groups is 1. The fraction of sp³-hybridized carbons (Fsp3) is 0.184. The molecule has 5 heterocycles. The first kappa shape index (κ1) is 28.0. The van der Waals surface area contributed by atoms with Crippen LogP contribution >= 0.6 is 11.3 Å². The molecule has 4 aromatic heterocycles. The Labute approximate surface area is 274 Å². The molecule has 9 rings (SSSR count). The SMILES string of the molecule is CC1(O)CC(c2ccc(-c3nc4c(cnc5cc(-c6ccsc6)nn54)cc3-c3ccccc3)cc2)(N2CC3=CC=CC(=O)C3C2=O)C1. The van der Waals surface area contributed by atoms with E-state index in [1.165, 1.54) is 6.08 Å². The second-order valence-electron chi connectivity index (χ2n) is 13.1. The van der Waals surface area contributed by atoms with E-state index in [1.807, 2.05) is 81.7 Å². The molecule has 9 heteroatoms. The van der Waals surface area contributed by atoms with Crippen molar-refractivity contribution in [1.29, 1.82) is 0 Å². The smallest absolute Gasteiger partial charge is 0.238 e. The van der Waals surface area contributed by atoms with Gasteiger partial charge in [0, 0.05) is 59.1 Å². The van der Waals surface area contributed by atoms with Crippen molar-refractivity contribution < 1.29 is 14.7 Å². The van der Waals surface area contributed by atoms with Gasteiger partial charge < -0.3 is 10.0 Å². The van der Waals surface area contributed by atoms with Crippen LogP contribution in [-0.4, -0.2) is 53.4 Å². The molecule has 0 radical (unpaired) electrons. The van der Waals surface area contributed by atoms with E-state index in [0.717, 1.165) is 55.8 Å². The molecule has 2 aliphatic carbocycles. The average molecular weight is 636 g/mol. The van der Waals surface area contributed by atoms with Crippen LogP contribution in [0.4, 0.5) is 0 Å². The first-order valence-corrected chi connectivity index (χ1v) is 16.6. The van der Waals surface area contributed by atoms with Crippen LogP contribution in [0.1, 0.15) is 25.3 Å². The Bertz CT molecular complexity index is 2300. The molecule has 47 heavy (non-hydrogen) atoms. The zero-order valence-corrected chi connectivity index (χ0v) is 26.3. The van der Waals surface area contributed by atoms with Crippen molar-refractivity contribution in [2.24, 2.45) is 5.92 Å². The number of carbonyl (C=O) groups excluding carboxylic acids is 2. The molecule has 1 amide bonds. The molecular formula is C38H29N5O3S. The van der Waals surface area contributed by atoms with Crippen molar-refractivity contribution in [2.75, 3.05) is 6.54 Å². The van der Waals surface area contributed by atoms with Crippen LogP contribution in [-0.2, 0) is 15.1 Å². The van der Waals surface area contributed by atoms with Crippen molar-refractivity contribution in [3.05, 3.63) is 119 Å². The number of aromatic nitrogens is 4. The van der Waals surface area contributed by atoms with E-state index in [2.05, 4.69) is 23.6 Å². The lowest BCUT2D eigenvalue weighted by Crippen LogP contribution is -2.62. The van der Waals surface area contributed by atoms with E-state index in [-0.39, 0.29) is 11.7 Å². The molecule has 6 aromatic rings. The Morgan fingerprint density at radius 3 is 2.49 bits per heavy atom. The molecule has 3 aliphatic rings. The number of amides is 1. The van der Waals surface area contributed by atoms with Gasteiger partial charge in [0.05, 0.1) is 22.5 Å². The molecule has 8 nitrogen and oxygen atoms in total. The summed E-state index contributed by atoms with van der Waals surface area (Å²) in [5, 5.41) is 20.8. The van der Waals surface area contributed by atoms with Gasteiger partial charge in [0.1, 0.15) is 5.92 Å². The number of thiophene rings is 1. The summed E-state index contributed by atoms with van der Waals surface area (Å²) in [5.74, 6) is -1.12. The van der Waals surface area contributed by atoms with Gasteiger partial charge in [-0.05, 0) is 47.2 Å². The van der Waals surface area contributed by atoms with Crippen LogP contribution in [0.5, 0.6) is 0 Å². The summed E-state index contributed by atoms with van der Waals surface area (Å²) in [6, 6.07) is 24.5. The lowest BCUT2D eigenvalue weighted by molar-refractivity contribution is -0.163. The van der Waals surface area contributed by atoms with E-state index in [4.69, 9.17) is 15.1 Å². The van der Waals surface area contributed by atoms with Crippen LogP contribution in [0.25, 0.3) is 50.3 Å². The van der Waals surface area contributed by atoms with E-state index in [0.29, 0.717) is 25.0 Å². The quantitative estimate of drug-likeness (QED) is 0.214. The molecule has 2 aromatic carbocycles. The third-order valence-corrected chi connectivity index (χ3v) is 10.5. The zero-order chi connectivity index (χ0) is 31.9. The number of ketones is 1. The monoisotopic (exact) mass is 635 g/mol. The van der Waals surface area contributed by atoms with Crippen molar-refractivity contribution in [3.63, 3.8) is 0 Å². The van der Waals surface area contributed by atoms with Gasteiger partial charge in [-0.2, -0.15) is 21.0 Å². The van der Waals surface area contributed by atoms with Crippen LogP contribution in [0.2, 0.25) is 0 Å². The summed E-state index contributed by atoms with van der Waals surface area (Å²) in [4.78, 5) is 38.1. The topological polar surface area (TPSA) is 101 Å². The fourth-order valence-corrected chi connectivity index (χ4v) is 8.34. The Hall–Kier alpha value is -5.25. The Morgan fingerprint density at radius 1 is 0.957 bits per heavy atom. The molecule has 1 unspecified atom stereocenters. The minimum absolute atomic E-state index is 0.175. The first-order valence-electron chi connectivity index (χ1n) is 15.6. The van der Waals surface area contributed by atoms with Crippen molar-refractivity contribution >= 4 is 39.7 Å². The average Bonchev–Trinajstić information content (AvgIpc) is 3.83. The summed E-state index contributed by atoms with van der Waals surface area (Å²) < 4.78 is 1.81. The fourth-order valence-electron chi connectivity index (χ4n) is 7.69. The van der Waals surface area contributed by atoms with E-state index in [1.54, 1.807) is 24.3 Å². The molecule has 1 aliphatic heterocycles. The molecular weight excluding hydrogens is 607 g/mol. The van der Waals surface area contributed by atoms with Crippen LogP contribution in [0.15, 0.2) is 114 Å². The highest BCUT2D eigenvalue weighted by Gasteiger charge is 2.60. The van der Waals surface area contributed by atoms with Crippen molar-refractivity contribution in [1.82, 2.24) is 24.5 Å². The van der Waals surface area contributed by atoms with Crippen LogP contribution in [0, 0.1) is 5.92 Å². The lowest BCUT2D eigenvalue weighted by atomic mass is 9.61. The molecule has 2 fully saturated rings. The number of carbonyl (C=O) groups is 2. The summed E-state index contributed by atoms with van der Waals surface area (Å²) in [7, 11) is 0. The Kier molecular flexibility index (Phi) is 6.03. The number of nitrogens with zero attached hydrogens (tertiary/aromatic N) is 5. The van der Waals surface area contributed by atoms with Crippen LogP contribution < -0.4 is 0 Å². The zero-order valence-electron chi connectivity index (χ0n) is 25.5. The lowest BCUT2D eigenvalue weighted by Gasteiger charge is -2.56. The maximum Gasteiger partial charge on any atom is 0.238 e. The summed E-state index contributed by atoms with van der Waals surface area (Å²) in [6.45, 7) is 2.18. The number of benzene rings is 2. The molecule has 1 saturated heterocycles. The largest absolute Gasteiger partial charge is 0.390 e. The van der Waals surface area contributed by atoms with Gasteiger partial charge >= 0.3 is 0 Å². The second-order valence-corrected chi connectivity index (χ2v) is 13.8. The summed E-state index contributed by atoms with van der Waals surface area (Å²) >= 11 is 1.63. The van der Waals surface area contributed by atoms with Gasteiger partial charge in [-0.15, -0.1) is 0 Å². The van der Waals surface area contributed by atoms with E-state index >= 15 is 0 Å². The normalized spacial score (nSPS) is 23.7. The minimum Gasteiger partial charge on any atom is -0.390 e. The third-order valence-electron chi connectivity index (χ3n) is 9.80. The molecule has 0 bridgehead atoms. The van der Waals surface area contributed by atoms with E-state index < -0.39 is 17.1 Å². The maximum atomic E-state index is 13.7. The van der Waals surface area contributed by atoms with Crippen molar-refractivity contribution in [3.8, 4) is 33.6 Å². The first-order chi connectivity index (χ1) is 22.8. The second kappa shape index (κ2) is 10.1. The number of hydrogen-bond donors (Lipinski definition) is 1. The predicted octanol–water partition coefficient (Wildman–Crippen LogP) is 6.60. The number of likely N-dealkylation sites (tertiary alicyclic amines) is 1. The predicted molar refractivity (Wildman–Crippen MR) is 181 cm³/mol. The number of rotatable bonds is 5. The van der Waals surface area contributed by atoms with Gasteiger partial charge in [0.2, 0.25) is 5.91 Å². The summed E-state index contributed by atoms with van der Waals surface area (Å²) in [6.07, 6.45) is 7.72.